The van der Waals surface area contributed by atoms with Crippen molar-refractivity contribution in [2.45, 2.75) is 25.3 Å². The highest BCUT2D eigenvalue weighted by atomic mass is 35.5. The van der Waals surface area contributed by atoms with Gasteiger partial charge in [-0.25, -0.2) is 0 Å². The molecule has 2 saturated heterocycles. The van der Waals surface area contributed by atoms with Gasteiger partial charge >= 0.3 is 0 Å². The lowest BCUT2D eigenvalue weighted by atomic mass is 10.2. The van der Waals surface area contributed by atoms with Gasteiger partial charge in [-0.3, -0.25) is 9.59 Å². The number of benzene rings is 1. The summed E-state index contributed by atoms with van der Waals surface area (Å²) in [5.41, 5.74) is 0.889. The van der Waals surface area contributed by atoms with Crippen LogP contribution in [-0.2, 0) is 9.59 Å². The van der Waals surface area contributed by atoms with Gasteiger partial charge in [0, 0.05) is 38.3 Å². The minimum absolute atomic E-state index is 0. The Balaban J connectivity index is 0.00000208. The first-order valence-corrected chi connectivity index (χ1v) is 8.15. The van der Waals surface area contributed by atoms with Crippen molar-refractivity contribution in [1.29, 1.82) is 0 Å². The number of amides is 2. The number of likely N-dealkylation sites (N-methyl/N-ethyl adjacent to an activating group) is 1. The van der Waals surface area contributed by atoms with E-state index in [0.29, 0.717) is 12.2 Å². The minimum Gasteiger partial charge on any atom is -0.484 e. The first-order chi connectivity index (χ1) is 11.1. The van der Waals surface area contributed by atoms with Crippen LogP contribution in [0.3, 0.4) is 0 Å². The van der Waals surface area contributed by atoms with Crippen LogP contribution >= 0.6 is 12.4 Å². The maximum Gasteiger partial charge on any atom is 0.260 e. The average Bonchev–Trinajstić information content (AvgIpc) is 3.24. The predicted octanol–water partition coefficient (Wildman–Crippen LogP) is 1.43. The molecule has 1 aromatic carbocycles. The molecule has 1 aromatic rings. The van der Waals surface area contributed by atoms with Crippen LogP contribution < -0.4 is 15.0 Å². The van der Waals surface area contributed by atoms with E-state index in [4.69, 9.17) is 4.74 Å². The summed E-state index contributed by atoms with van der Waals surface area (Å²) in [4.78, 5) is 27.4. The number of nitrogens with one attached hydrogen (secondary N) is 1. The standard InChI is InChI=1S/C17H23N3O3.ClH/c1-19(14-8-9-18-11-14)17(22)12-23-15-6-4-13(5-7-15)20-10-2-3-16(20)21;/h4-7,14,18H,2-3,8-12H2,1H3;1H. The Morgan fingerprint density at radius 3 is 2.71 bits per heavy atom. The molecule has 0 spiro atoms. The van der Waals surface area contributed by atoms with E-state index in [2.05, 4.69) is 5.32 Å². The second-order valence-corrected chi connectivity index (χ2v) is 6.08. The Bertz CT molecular complexity index is 573. The fourth-order valence-corrected chi connectivity index (χ4v) is 3.06. The van der Waals surface area contributed by atoms with E-state index in [1.807, 2.05) is 31.3 Å². The fraction of sp³-hybridized carbons (Fsp3) is 0.529. The first kappa shape index (κ1) is 18.5. The van der Waals surface area contributed by atoms with Crippen molar-refractivity contribution < 1.29 is 14.3 Å². The topological polar surface area (TPSA) is 61.9 Å². The largest absolute Gasteiger partial charge is 0.484 e. The van der Waals surface area contributed by atoms with Crippen molar-refractivity contribution in [1.82, 2.24) is 10.2 Å². The molecular formula is C17H24ClN3O3. The van der Waals surface area contributed by atoms with E-state index in [9.17, 15) is 9.59 Å². The van der Waals surface area contributed by atoms with E-state index < -0.39 is 0 Å². The van der Waals surface area contributed by atoms with Crippen LogP contribution in [-0.4, -0.2) is 56.0 Å². The van der Waals surface area contributed by atoms with Crippen LogP contribution in [0.15, 0.2) is 24.3 Å². The minimum atomic E-state index is -0.0162. The zero-order valence-corrected chi connectivity index (χ0v) is 14.7. The molecule has 0 radical (unpaired) electrons. The number of carbonyl (C=O) groups excluding carboxylic acids is 2. The Morgan fingerprint density at radius 2 is 2.12 bits per heavy atom. The maximum absolute atomic E-state index is 12.1. The van der Waals surface area contributed by atoms with E-state index in [0.717, 1.165) is 38.2 Å². The highest BCUT2D eigenvalue weighted by Crippen LogP contribution is 2.23. The number of anilines is 1. The number of carbonyl (C=O) groups is 2. The molecular weight excluding hydrogens is 330 g/mol. The van der Waals surface area contributed by atoms with E-state index >= 15 is 0 Å². The molecule has 3 rings (SSSR count). The summed E-state index contributed by atoms with van der Waals surface area (Å²) in [6.45, 7) is 2.62. The van der Waals surface area contributed by atoms with Crippen molar-refractivity contribution in [3.8, 4) is 5.75 Å². The summed E-state index contributed by atoms with van der Waals surface area (Å²) >= 11 is 0. The number of rotatable bonds is 5. The van der Waals surface area contributed by atoms with Gasteiger partial charge < -0.3 is 19.9 Å². The van der Waals surface area contributed by atoms with Crippen LogP contribution in [0.5, 0.6) is 5.75 Å². The quantitative estimate of drug-likeness (QED) is 0.870. The molecule has 2 aliphatic rings. The molecule has 0 saturated carbocycles. The van der Waals surface area contributed by atoms with Crippen LogP contribution in [0.1, 0.15) is 19.3 Å². The lowest BCUT2D eigenvalue weighted by Crippen LogP contribution is -2.40. The highest BCUT2D eigenvalue weighted by molar-refractivity contribution is 5.95. The molecule has 2 amide bonds. The van der Waals surface area contributed by atoms with Crippen LogP contribution in [0.2, 0.25) is 0 Å². The van der Waals surface area contributed by atoms with Crippen molar-refractivity contribution in [2.75, 3.05) is 38.2 Å². The Hall–Kier alpha value is -1.79. The molecule has 2 fully saturated rings. The third-order valence-corrected chi connectivity index (χ3v) is 4.56. The highest BCUT2D eigenvalue weighted by Gasteiger charge is 2.24. The van der Waals surface area contributed by atoms with Crippen molar-refractivity contribution >= 4 is 29.9 Å². The van der Waals surface area contributed by atoms with E-state index in [1.54, 1.807) is 9.80 Å². The number of hydrogen-bond donors (Lipinski definition) is 1. The molecule has 24 heavy (non-hydrogen) atoms. The zero-order chi connectivity index (χ0) is 16.2. The van der Waals surface area contributed by atoms with Gasteiger partial charge in [0.1, 0.15) is 5.75 Å². The molecule has 1 atom stereocenters. The normalized spacial score (nSPS) is 20.0. The fourth-order valence-electron chi connectivity index (χ4n) is 3.06. The van der Waals surface area contributed by atoms with Crippen molar-refractivity contribution in [2.24, 2.45) is 0 Å². The van der Waals surface area contributed by atoms with Crippen LogP contribution in [0.25, 0.3) is 0 Å². The Morgan fingerprint density at radius 1 is 1.38 bits per heavy atom. The summed E-state index contributed by atoms with van der Waals surface area (Å²) in [5, 5.41) is 3.25. The van der Waals surface area contributed by atoms with Gasteiger partial charge in [0.05, 0.1) is 0 Å². The maximum atomic E-state index is 12.1. The Labute approximate surface area is 148 Å². The predicted molar refractivity (Wildman–Crippen MR) is 94.8 cm³/mol. The third kappa shape index (κ3) is 4.19. The average molecular weight is 354 g/mol. The molecule has 2 aliphatic heterocycles. The Kier molecular flexibility index (Phi) is 6.45. The molecule has 1 N–H and O–H groups in total. The summed E-state index contributed by atoms with van der Waals surface area (Å²) < 4.78 is 5.58. The third-order valence-electron chi connectivity index (χ3n) is 4.56. The molecule has 1 unspecified atom stereocenters. The van der Waals surface area contributed by atoms with Gasteiger partial charge in [-0.05, 0) is 43.7 Å². The van der Waals surface area contributed by atoms with Gasteiger partial charge in [0.2, 0.25) is 5.91 Å². The molecule has 0 aliphatic carbocycles. The van der Waals surface area contributed by atoms with Gasteiger partial charge in [-0.1, -0.05) is 0 Å². The van der Waals surface area contributed by atoms with Gasteiger partial charge in [-0.15, -0.1) is 12.4 Å². The second kappa shape index (κ2) is 8.35. The molecule has 6 nitrogen and oxygen atoms in total. The van der Waals surface area contributed by atoms with Gasteiger partial charge in [0.25, 0.3) is 5.91 Å². The summed E-state index contributed by atoms with van der Waals surface area (Å²) in [7, 11) is 1.82. The molecule has 132 valence electrons. The van der Waals surface area contributed by atoms with E-state index in [1.165, 1.54) is 0 Å². The van der Waals surface area contributed by atoms with E-state index in [-0.39, 0.29) is 36.9 Å². The summed E-state index contributed by atoms with van der Waals surface area (Å²) in [5.74, 6) is 0.796. The smallest absolute Gasteiger partial charge is 0.260 e. The van der Waals surface area contributed by atoms with Gasteiger partial charge in [-0.2, -0.15) is 0 Å². The SMILES string of the molecule is CN(C(=O)COc1ccc(N2CCCC2=O)cc1)C1CCNC1.Cl. The molecule has 0 bridgehead atoms. The van der Waals surface area contributed by atoms with Crippen molar-refractivity contribution in [3.63, 3.8) is 0 Å². The zero-order valence-electron chi connectivity index (χ0n) is 13.9. The van der Waals surface area contributed by atoms with Crippen LogP contribution in [0, 0.1) is 0 Å². The molecule has 2 heterocycles. The number of halogens is 1. The summed E-state index contributed by atoms with van der Waals surface area (Å²) in [6, 6.07) is 7.62. The molecule has 0 aromatic heterocycles. The second-order valence-electron chi connectivity index (χ2n) is 6.08. The van der Waals surface area contributed by atoms with Crippen molar-refractivity contribution in [3.05, 3.63) is 24.3 Å². The lowest BCUT2D eigenvalue weighted by Gasteiger charge is -2.23. The monoisotopic (exact) mass is 353 g/mol. The number of ether oxygens (including phenoxy) is 1. The summed E-state index contributed by atoms with van der Waals surface area (Å²) in [6.07, 6.45) is 2.52. The number of nitrogens with zero attached hydrogens (tertiary/aromatic N) is 2. The van der Waals surface area contributed by atoms with Crippen LogP contribution in [0.4, 0.5) is 5.69 Å². The lowest BCUT2D eigenvalue weighted by molar-refractivity contribution is -0.133. The number of hydrogen-bond acceptors (Lipinski definition) is 4. The molecule has 7 heteroatoms. The van der Waals surface area contributed by atoms with Gasteiger partial charge in [0.15, 0.2) is 6.61 Å². The first-order valence-electron chi connectivity index (χ1n) is 8.15.